The van der Waals surface area contributed by atoms with Crippen molar-refractivity contribution in [3.05, 3.63) is 41.7 Å². The quantitative estimate of drug-likeness (QED) is 0.690. The second-order valence-corrected chi connectivity index (χ2v) is 6.08. The summed E-state index contributed by atoms with van der Waals surface area (Å²) in [5.41, 5.74) is 2.65. The van der Waals surface area contributed by atoms with Gasteiger partial charge in [0.25, 0.3) is 0 Å². The smallest absolute Gasteiger partial charge is 0.0463 e. The van der Waals surface area contributed by atoms with E-state index in [4.69, 9.17) is 0 Å². The largest absolute Gasteiger partial charge is 0.260 e. The maximum absolute atomic E-state index is 4.58. The highest BCUT2D eigenvalue weighted by atomic mass is 14.7. The van der Waals surface area contributed by atoms with Crippen LogP contribution < -0.4 is 0 Å². The Hall–Kier alpha value is -1.37. The van der Waals surface area contributed by atoms with Crippen molar-refractivity contribution < 1.29 is 0 Å². The Kier molecular flexibility index (Phi) is 2.94. The Bertz CT molecular complexity index is 533. The fourth-order valence-corrected chi connectivity index (χ4v) is 1.93. The minimum absolute atomic E-state index is 0.116. The number of pyridine rings is 1. The lowest BCUT2D eigenvalue weighted by Gasteiger charge is -2.18. The number of aromatic nitrogens is 1. The maximum atomic E-state index is 4.58. The summed E-state index contributed by atoms with van der Waals surface area (Å²) in [6, 6.07) is 8.89. The lowest BCUT2D eigenvalue weighted by Crippen LogP contribution is -2.12. The molecule has 0 fully saturated rings. The van der Waals surface area contributed by atoms with Gasteiger partial charge >= 0.3 is 0 Å². The Labute approximate surface area is 104 Å². The van der Waals surface area contributed by atoms with E-state index in [-0.39, 0.29) is 5.41 Å². The van der Waals surface area contributed by atoms with E-state index >= 15 is 0 Å². The summed E-state index contributed by atoms with van der Waals surface area (Å²) in [6.45, 7) is 11.0. The topological polar surface area (TPSA) is 12.9 Å². The van der Waals surface area contributed by atoms with Gasteiger partial charge in [-0.25, -0.2) is 0 Å². The van der Waals surface area contributed by atoms with E-state index in [2.05, 4.69) is 63.9 Å². The number of rotatable bonds is 1. The number of hydrogen-bond acceptors (Lipinski definition) is 1. The van der Waals surface area contributed by atoms with Crippen LogP contribution in [0.2, 0.25) is 0 Å². The molecule has 0 aliphatic carbocycles. The molecule has 17 heavy (non-hydrogen) atoms. The first kappa shape index (κ1) is 12.1. The number of nitrogens with zero attached hydrogens (tertiary/aromatic N) is 1. The van der Waals surface area contributed by atoms with Crippen LogP contribution in [-0.2, 0) is 5.41 Å². The van der Waals surface area contributed by atoms with Crippen LogP contribution in [0.5, 0.6) is 0 Å². The van der Waals surface area contributed by atoms with Gasteiger partial charge in [0.1, 0.15) is 0 Å². The van der Waals surface area contributed by atoms with E-state index in [1.54, 1.807) is 0 Å². The molecule has 0 amide bonds. The van der Waals surface area contributed by atoms with Crippen LogP contribution >= 0.6 is 0 Å². The molecule has 0 N–H and O–H groups in total. The lowest BCUT2D eigenvalue weighted by atomic mass is 9.90. The first-order chi connectivity index (χ1) is 7.88. The summed E-state index contributed by atoms with van der Waals surface area (Å²) in [6.07, 6.45) is 2.00. The molecule has 1 heteroatoms. The molecule has 0 atom stereocenters. The molecular formula is C16H21N. The number of fused-ring (bicyclic) bond motifs is 1. The summed E-state index contributed by atoms with van der Waals surface area (Å²) in [5, 5.41) is 2.53. The molecule has 1 aromatic carbocycles. The average molecular weight is 227 g/mol. The standard InChI is InChI=1S/C16H21N/c1-11(2)12-6-7-13-9-15(16(3,4)5)17-10-14(13)8-12/h6-11H,1-5H3. The van der Waals surface area contributed by atoms with Crippen LogP contribution in [0.15, 0.2) is 30.5 Å². The molecule has 90 valence electrons. The van der Waals surface area contributed by atoms with E-state index in [0.717, 1.165) is 5.69 Å². The van der Waals surface area contributed by atoms with Crippen molar-refractivity contribution in [3.8, 4) is 0 Å². The molecule has 0 spiro atoms. The molecule has 1 nitrogen and oxygen atoms in total. The van der Waals surface area contributed by atoms with Gasteiger partial charge < -0.3 is 0 Å². The van der Waals surface area contributed by atoms with Gasteiger partial charge in [-0.05, 0) is 29.0 Å². The predicted molar refractivity (Wildman–Crippen MR) is 74.5 cm³/mol. The molecule has 2 aromatic rings. The van der Waals surface area contributed by atoms with Crippen molar-refractivity contribution in [2.45, 2.75) is 46.0 Å². The third kappa shape index (κ3) is 2.49. The molecule has 0 bridgehead atoms. The average Bonchev–Trinajstić information content (AvgIpc) is 2.26. The maximum Gasteiger partial charge on any atom is 0.0463 e. The van der Waals surface area contributed by atoms with Crippen LogP contribution in [0.1, 0.15) is 51.8 Å². The zero-order chi connectivity index (χ0) is 12.6. The van der Waals surface area contributed by atoms with Crippen LogP contribution in [0.4, 0.5) is 0 Å². The van der Waals surface area contributed by atoms with Gasteiger partial charge in [0.2, 0.25) is 0 Å². The van der Waals surface area contributed by atoms with E-state index in [9.17, 15) is 0 Å². The lowest BCUT2D eigenvalue weighted by molar-refractivity contribution is 0.570. The van der Waals surface area contributed by atoms with E-state index in [1.165, 1.54) is 16.3 Å². The molecule has 2 rings (SSSR count). The van der Waals surface area contributed by atoms with Crippen molar-refractivity contribution in [2.24, 2.45) is 0 Å². The van der Waals surface area contributed by atoms with Crippen molar-refractivity contribution in [2.75, 3.05) is 0 Å². The number of benzene rings is 1. The summed E-state index contributed by atoms with van der Waals surface area (Å²) < 4.78 is 0. The second-order valence-electron chi connectivity index (χ2n) is 6.08. The molecule has 0 radical (unpaired) electrons. The monoisotopic (exact) mass is 227 g/mol. The first-order valence-corrected chi connectivity index (χ1v) is 6.28. The van der Waals surface area contributed by atoms with Crippen molar-refractivity contribution in [1.82, 2.24) is 4.98 Å². The third-order valence-corrected chi connectivity index (χ3v) is 3.18. The molecule has 0 aliphatic heterocycles. The van der Waals surface area contributed by atoms with Gasteiger partial charge in [-0.15, -0.1) is 0 Å². The van der Waals surface area contributed by atoms with Crippen molar-refractivity contribution >= 4 is 10.8 Å². The summed E-state index contributed by atoms with van der Waals surface area (Å²) >= 11 is 0. The molecule has 0 saturated heterocycles. The first-order valence-electron chi connectivity index (χ1n) is 6.28. The molecule has 1 heterocycles. The summed E-state index contributed by atoms with van der Waals surface area (Å²) in [4.78, 5) is 4.58. The molecule has 0 saturated carbocycles. The van der Waals surface area contributed by atoms with Crippen LogP contribution in [-0.4, -0.2) is 4.98 Å². The van der Waals surface area contributed by atoms with Crippen LogP contribution in [0.25, 0.3) is 10.8 Å². The van der Waals surface area contributed by atoms with Crippen molar-refractivity contribution in [3.63, 3.8) is 0 Å². The molecule has 0 unspecified atom stereocenters. The van der Waals surface area contributed by atoms with Gasteiger partial charge in [0.15, 0.2) is 0 Å². The highest BCUT2D eigenvalue weighted by Crippen LogP contribution is 2.25. The fourth-order valence-electron chi connectivity index (χ4n) is 1.93. The van der Waals surface area contributed by atoms with Gasteiger partial charge in [0.05, 0.1) is 0 Å². The zero-order valence-corrected chi connectivity index (χ0v) is 11.4. The van der Waals surface area contributed by atoms with E-state index in [1.807, 2.05) is 6.20 Å². The number of hydrogen-bond donors (Lipinski definition) is 0. The van der Waals surface area contributed by atoms with E-state index in [0.29, 0.717) is 5.92 Å². The van der Waals surface area contributed by atoms with Crippen molar-refractivity contribution in [1.29, 1.82) is 0 Å². The van der Waals surface area contributed by atoms with Crippen LogP contribution in [0.3, 0.4) is 0 Å². The highest BCUT2D eigenvalue weighted by Gasteiger charge is 2.15. The predicted octanol–water partition coefficient (Wildman–Crippen LogP) is 4.66. The second kappa shape index (κ2) is 4.14. The van der Waals surface area contributed by atoms with Gasteiger partial charge in [-0.2, -0.15) is 0 Å². The normalized spacial score (nSPS) is 12.4. The minimum Gasteiger partial charge on any atom is -0.260 e. The van der Waals surface area contributed by atoms with Gasteiger partial charge in [-0.1, -0.05) is 46.8 Å². The van der Waals surface area contributed by atoms with E-state index < -0.39 is 0 Å². The summed E-state index contributed by atoms with van der Waals surface area (Å²) in [5.74, 6) is 0.571. The summed E-state index contributed by atoms with van der Waals surface area (Å²) in [7, 11) is 0. The molecular weight excluding hydrogens is 206 g/mol. The Morgan fingerprint density at radius 3 is 2.29 bits per heavy atom. The Morgan fingerprint density at radius 2 is 1.71 bits per heavy atom. The Balaban J connectivity index is 2.54. The zero-order valence-electron chi connectivity index (χ0n) is 11.4. The van der Waals surface area contributed by atoms with Gasteiger partial charge in [0, 0.05) is 22.7 Å². The fraction of sp³-hybridized carbons (Fsp3) is 0.438. The Morgan fingerprint density at radius 1 is 1.00 bits per heavy atom. The molecule has 0 aliphatic rings. The highest BCUT2D eigenvalue weighted by molar-refractivity contribution is 5.83. The van der Waals surface area contributed by atoms with Crippen LogP contribution in [0, 0.1) is 0 Å². The van der Waals surface area contributed by atoms with Gasteiger partial charge in [-0.3, -0.25) is 4.98 Å². The third-order valence-electron chi connectivity index (χ3n) is 3.18. The SMILES string of the molecule is CC(C)c1ccc2cc(C(C)(C)C)ncc2c1. The molecule has 1 aromatic heterocycles. The minimum atomic E-state index is 0.116.